The minimum Gasteiger partial charge on any atom is -0.505 e. The molecule has 0 aliphatic rings. The number of amides is 1. The number of nitrogens with zero attached hydrogens (tertiary/aromatic N) is 2. The molecule has 0 radical (unpaired) electrons. The molecule has 0 atom stereocenters. The first kappa shape index (κ1) is 28.3. The van der Waals surface area contributed by atoms with Crippen LogP contribution in [0.5, 0.6) is 11.5 Å². The molecule has 4 aromatic carbocycles. The molecule has 4 rings (SSSR count). The van der Waals surface area contributed by atoms with Crippen LogP contribution in [0.15, 0.2) is 75.8 Å². The third kappa shape index (κ3) is 5.99. The van der Waals surface area contributed by atoms with Crippen molar-refractivity contribution in [3.05, 3.63) is 81.8 Å². The predicted octanol–water partition coefficient (Wildman–Crippen LogP) is 7.73. The summed E-state index contributed by atoms with van der Waals surface area (Å²) in [5.41, 5.74) is 0.466. The molecule has 0 unspecified atom stereocenters. The Balaban J connectivity index is 1.84. The van der Waals surface area contributed by atoms with Crippen molar-refractivity contribution in [3.8, 4) is 11.5 Å². The SMILES string of the molecule is CCOc1c(Cl)cccc1NC(=O)c1cc2ccccc2c(N=Nc2cc(Cl)cc(S(=O)(=O)O)c2CC)c1O. The Labute approximate surface area is 234 Å². The van der Waals surface area contributed by atoms with Gasteiger partial charge in [0.2, 0.25) is 0 Å². The molecule has 1 amide bonds. The van der Waals surface area contributed by atoms with Crippen LogP contribution in [0.3, 0.4) is 0 Å². The Bertz CT molecular complexity index is 1720. The lowest BCUT2D eigenvalue weighted by Gasteiger charge is -2.14. The number of hydrogen-bond donors (Lipinski definition) is 3. The number of carbonyl (C=O) groups excluding carboxylic acids is 1. The molecule has 3 N–H and O–H groups in total. The van der Waals surface area contributed by atoms with Crippen molar-refractivity contribution in [1.82, 2.24) is 0 Å². The summed E-state index contributed by atoms with van der Waals surface area (Å²) in [4.78, 5) is 12.9. The lowest BCUT2D eigenvalue weighted by atomic mass is 10.0. The van der Waals surface area contributed by atoms with E-state index in [9.17, 15) is 22.9 Å². The highest BCUT2D eigenvalue weighted by Gasteiger charge is 2.22. The zero-order chi connectivity index (χ0) is 28.3. The summed E-state index contributed by atoms with van der Waals surface area (Å²) >= 11 is 12.3. The van der Waals surface area contributed by atoms with Gasteiger partial charge in [0.05, 0.1) is 28.6 Å². The number of ether oxygens (including phenoxy) is 1. The zero-order valence-corrected chi connectivity index (χ0v) is 23.1. The predicted molar refractivity (Wildman–Crippen MR) is 151 cm³/mol. The summed E-state index contributed by atoms with van der Waals surface area (Å²) in [5.74, 6) is -0.813. The lowest BCUT2D eigenvalue weighted by Crippen LogP contribution is -2.13. The summed E-state index contributed by atoms with van der Waals surface area (Å²) in [6.07, 6.45) is 0.192. The van der Waals surface area contributed by atoms with Crippen molar-refractivity contribution < 1.29 is 27.6 Å². The van der Waals surface area contributed by atoms with Gasteiger partial charge in [0.25, 0.3) is 16.0 Å². The molecule has 0 saturated carbocycles. The number of aromatic hydroxyl groups is 1. The molecule has 0 fully saturated rings. The van der Waals surface area contributed by atoms with E-state index in [1.165, 1.54) is 12.1 Å². The monoisotopic (exact) mass is 587 g/mol. The van der Waals surface area contributed by atoms with E-state index in [4.69, 9.17) is 27.9 Å². The van der Waals surface area contributed by atoms with Crippen molar-refractivity contribution >= 4 is 67.1 Å². The number of nitrogens with one attached hydrogen (secondary N) is 1. The summed E-state index contributed by atoms with van der Waals surface area (Å²) < 4.78 is 39.0. The lowest BCUT2D eigenvalue weighted by molar-refractivity contribution is 0.102. The molecule has 4 aromatic rings. The van der Waals surface area contributed by atoms with Gasteiger partial charge in [-0.05, 0) is 49.1 Å². The molecule has 0 spiro atoms. The number of phenolic OH excluding ortho intramolecular Hbond substituents is 1. The first-order valence-corrected chi connectivity index (χ1v) is 13.9. The molecule has 0 aliphatic carbocycles. The van der Waals surface area contributed by atoms with Crippen molar-refractivity contribution in [2.24, 2.45) is 10.2 Å². The number of hydrogen-bond acceptors (Lipinski definition) is 7. The molecule has 0 aromatic heterocycles. The average molecular weight is 588 g/mol. The first-order chi connectivity index (χ1) is 18.5. The molecule has 0 bridgehead atoms. The number of rotatable bonds is 8. The fourth-order valence-electron chi connectivity index (χ4n) is 4.06. The van der Waals surface area contributed by atoms with Gasteiger partial charge in [-0.1, -0.05) is 60.5 Å². The van der Waals surface area contributed by atoms with Crippen LogP contribution in [-0.2, 0) is 16.5 Å². The van der Waals surface area contributed by atoms with Crippen molar-refractivity contribution in [2.45, 2.75) is 25.2 Å². The van der Waals surface area contributed by atoms with Gasteiger partial charge >= 0.3 is 0 Å². The minimum atomic E-state index is -4.58. The van der Waals surface area contributed by atoms with Crippen molar-refractivity contribution in [2.75, 3.05) is 11.9 Å². The van der Waals surface area contributed by atoms with Crippen LogP contribution in [0.25, 0.3) is 10.8 Å². The Morgan fingerprint density at radius 2 is 1.77 bits per heavy atom. The van der Waals surface area contributed by atoms with Crippen LogP contribution in [-0.4, -0.2) is 30.6 Å². The van der Waals surface area contributed by atoms with Gasteiger partial charge in [-0.15, -0.1) is 5.11 Å². The van der Waals surface area contributed by atoms with Gasteiger partial charge in [0, 0.05) is 16.0 Å². The topological polar surface area (TPSA) is 138 Å². The minimum absolute atomic E-state index is 0.0163. The maximum atomic E-state index is 13.3. The van der Waals surface area contributed by atoms with E-state index < -0.39 is 21.8 Å². The standard InChI is InChI=1S/C27H23Cl2N3O6S/c1-3-17-22(13-16(28)14-23(17)39(35,36)37)31-32-24-18-9-6-5-8-15(18)12-19(25(24)33)27(34)30-21-11-7-10-20(29)26(21)38-4-2/h5-14,33H,3-4H2,1-2H3,(H,30,34)(H,35,36,37). The van der Waals surface area contributed by atoms with Crippen LogP contribution in [0.1, 0.15) is 29.8 Å². The number of benzene rings is 4. The maximum Gasteiger partial charge on any atom is 0.294 e. The molecule has 12 heteroatoms. The third-order valence-corrected chi connectivity index (χ3v) is 7.22. The van der Waals surface area contributed by atoms with E-state index in [0.717, 1.165) is 6.07 Å². The molecule has 0 saturated heterocycles. The van der Waals surface area contributed by atoms with Gasteiger partial charge in [-0.2, -0.15) is 13.5 Å². The molecule has 0 heterocycles. The Morgan fingerprint density at radius 1 is 1.03 bits per heavy atom. The number of halogens is 2. The Hall–Kier alpha value is -3.70. The van der Waals surface area contributed by atoms with Crippen LogP contribution in [0.4, 0.5) is 17.1 Å². The highest BCUT2D eigenvalue weighted by molar-refractivity contribution is 7.85. The summed E-state index contributed by atoms with van der Waals surface area (Å²) in [5, 5.41) is 23.7. The molecule has 0 aliphatic heterocycles. The number of para-hydroxylation sites is 1. The maximum absolute atomic E-state index is 13.3. The van der Waals surface area contributed by atoms with E-state index in [2.05, 4.69) is 15.5 Å². The summed E-state index contributed by atoms with van der Waals surface area (Å²) in [7, 11) is -4.58. The number of anilines is 1. The number of phenols is 1. The number of carbonyl (C=O) groups is 1. The molecular weight excluding hydrogens is 565 g/mol. The molecule has 202 valence electrons. The molecule has 39 heavy (non-hydrogen) atoms. The van der Waals surface area contributed by atoms with Crippen LogP contribution < -0.4 is 10.1 Å². The quantitative estimate of drug-likeness (QED) is 0.142. The summed E-state index contributed by atoms with van der Waals surface area (Å²) in [6, 6.07) is 15.8. The third-order valence-electron chi connectivity index (χ3n) is 5.78. The average Bonchev–Trinajstić information content (AvgIpc) is 2.89. The van der Waals surface area contributed by atoms with Gasteiger partial charge in [-0.25, -0.2) is 0 Å². The normalized spacial score (nSPS) is 11.7. The molecule has 9 nitrogen and oxygen atoms in total. The van der Waals surface area contributed by atoms with Crippen LogP contribution in [0, 0.1) is 0 Å². The van der Waals surface area contributed by atoms with E-state index in [1.807, 2.05) is 0 Å². The Morgan fingerprint density at radius 3 is 2.46 bits per heavy atom. The van der Waals surface area contributed by atoms with Gasteiger partial charge in [0.1, 0.15) is 10.6 Å². The highest BCUT2D eigenvalue weighted by atomic mass is 35.5. The number of azo groups is 1. The summed E-state index contributed by atoms with van der Waals surface area (Å²) in [6.45, 7) is 3.78. The number of fused-ring (bicyclic) bond motifs is 1. The Kier molecular flexibility index (Phi) is 8.41. The molecular formula is C27H23Cl2N3O6S. The van der Waals surface area contributed by atoms with E-state index in [1.54, 1.807) is 56.3 Å². The second-order valence-corrected chi connectivity index (χ2v) is 10.5. The van der Waals surface area contributed by atoms with Gasteiger partial charge in [0.15, 0.2) is 11.5 Å². The van der Waals surface area contributed by atoms with Gasteiger partial charge < -0.3 is 15.2 Å². The van der Waals surface area contributed by atoms with Gasteiger partial charge in [-0.3, -0.25) is 9.35 Å². The van der Waals surface area contributed by atoms with E-state index >= 15 is 0 Å². The van der Waals surface area contributed by atoms with E-state index in [-0.39, 0.29) is 44.6 Å². The van der Waals surface area contributed by atoms with Crippen molar-refractivity contribution in [3.63, 3.8) is 0 Å². The second-order valence-electron chi connectivity index (χ2n) is 8.28. The zero-order valence-electron chi connectivity index (χ0n) is 20.8. The van der Waals surface area contributed by atoms with E-state index in [0.29, 0.717) is 28.1 Å². The second kappa shape index (κ2) is 11.6. The van der Waals surface area contributed by atoms with Crippen molar-refractivity contribution in [1.29, 1.82) is 0 Å². The largest absolute Gasteiger partial charge is 0.505 e. The highest BCUT2D eigenvalue weighted by Crippen LogP contribution is 2.41. The fraction of sp³-hybridized carbons (Fsp3) is 0.148. The van der Waals surface area contributed by atoms with Crippen LogP contribution in [0.2, 0.25) is 10.0 Å². The van der Waals surface area contributed by atoms with Crippen LogP contribution >= 0.6 is 23.2 Å². The first-order valence-electron chi connectivity index (χ1n) is 11.7. The fourth-order valence-corrected chi connectivity index (χ4v) is 5.40. The smallest absolute Gasteiger partial charge is 0.294 e.